The third-order valence-electron chi connectivity index (χ3n) is 6.84. The fraction of sp³-hybridized carbons (Fsp3) is 0.737. The highest BCUT2D eigenvalue weighted by molar-refractivity contribution is 5.43. The van der Waals surface area contributed by atoms with Crippen molar-refractivity contribution in [3.8, 4) is 0 Å². The molecule has 4 aliphatic rings. The fourth-order valence-electron chi connectivity index (χ4n) is 4.99. The molecule has 0 N–H and O–H groups in total. The Morgan fingerprint density at radius 2 is 1.75 bits per heavy atom. The van der Waals surface area contributed by atoms with Crippen molar-refractivity contribution in [1.29, 1.82) is 0 Å². The highest BCUT2D eigenvalue weighted by Gasteiger charge is 2.58. The summed E-state index contributed by atoms with van der Waals surface area (Å²) in [6.07, 6.45) is 12.2. The van der Waals surface area contributed by atoms with Crippen molar-refractivity contribution < 1.29 is 0 Å². The van der Waals surface area contributed by atoms with Crippen LogP contribution < -0.4 is 5.56 Å². The van der Waals surface area contributed by atoms with Gasteiger partial charge in [0.2, 0.25) is 5.65 Å². The summed E-state index contributed by atoms with van der Waals surface area (Å²) in [7, 11) is 0. The zero-order valence-electron chi connectivity index (χ0n) is 14.1. The van der Waals surface area contributed by atoms with Crippen LogP contribution >= 0.6 is 0 Å². The van der Waals surface area contributed by atoms with E-state index in [1.807, 2.05) is 0 Å². The van der Waals surface area contributed by atoms with Crippen LogP contribution in [0.4, 0.5) is 0 Å². The Morgan fingerprint density at radius 3 is 2.42 bits per heavy atom. The smallest absolute Gasteiger partial charge is 0.296 e. The molecule has 2 heterocycles. The van der Waals surface area contributed by atoms with E-state index < -0.39 is 0 Å². The normalized spacial score (nSPS) is 25.0. The fourth-order valence-corrected chi connectivity index (χ4v) is 4.99. The molecule has 0 amide bonds. The molecule has 0 atom stereocenters. The minimum Gasteiger partial charge on any atom is -0.307 e. The molecule has 5 nitrogen and oxygen atoms in total. The summed E-state index contributed by atoms with van der Waals surface area (Å²) in [5.41, 5.74) is 3.59. The molecular weight excluding hydrogens is 300 g/mol. The highest BCUT2D eigenvalue weighted by atomic mass is 16.1. The van der Waals surface area contributed by atoms with Crippen LogP contribution in [-0.2, 0) is 24.8 Å². The molecule has 0 aliphatic heterocycles. The van der Waals surface area contributed by atoms with Crippen LogP contribution in [0.5, 0.6) is 0 Å². The average Bonchev–Trinajstić information content (AvgIpc) is 3.44. The molecule has 0 saturated heterocycles. The molecule has 0 bridgehead atoms. The Hall–Kier alpha value is -1.65. The first-order valence-electron chi connectivity index (χ1n) is 9.78. The molecule has 0 radical (unpaired) electrons. The summed E-state index contributed by atoms with van der Waals surface area (Å²) in [5.74, 6) is 2.62. The van der Waals surface area contributed by atoms with Crippen molar-refractivity contribution in [3.05, 3.63) is 27.6 Å². The van der Waals surface area contributed by atoms with Crippen molar-refractivity contribution in [2.75, 3.05) is 0 Å². The quantitative estimate of drug-likeness (QED) is 0.869. The SMILES string of the molecule is O=c1c2nnc(C3(C4CC4)CC3)n2c2c(n1CC1CC1)CCCC2. The lowest BCUT2D eigenvalue weighted by molar-refractivity contribution is 0.512. The van der Waals surface area contributed by atoms with E-state index in [0.717, 1.165) is 31.1 Å². The number of fused-ring (bicyclic) bond motifs is 3. The third kappa shape index (κ3) is 1.78. The Bertz CT molecular complexity index is 896. The lowest BCUT2D eigenvalue weighted by Gasteiger charge is -2.24. The van der Waals surface area contributed by atoms with Gasteiger partial charge in [-0.3, -0.25) is 9.20 Å². The first kappa shape index (κ1) is 13.6. The van der Waals surface area contributed by atoms with E-state index in [0.29, 0.717) is 11.6 Å². The number of hydrogen-bond donors (Lipinski definition) is 0. The number of aromatic nitrogens is 4. The number of aryl methyl sites for hydroxylation is 1. The minimum absolute atomic E-state index is 0.105. The van der Waals surface area contributed by atoms with E-state index in [2.05, 4.69) is 19.2 Å². The predicted molar refractivity (Wildman–Crippen MR) is 90.2 cm³/mol. The molecular formula is C19H24N4O. The van der Waals surface area contributed by atoms with Gasteiger partial charge in [-0.05, 0) is 76.0 Å². The van der Waals surface area contributed by atoms with Gasteiger partial charge in [0.05, 0.1) is 0 Å². The first-order chi connectivity index (χ1) is 11.8. The van der Waals surface area contributed by atoms with Gasteiger partial charge in [0.1, 0.15) is 5.82 Å². The van der Waals surface area contributed by atoms with Crippen LogP contribution in [0.15, 0.2) is 4.79 Å². The van der Waals surface area contributed by atoms with E-state index >= 15 is 0 Å². The second-order valence-electron chi connectivity index (χ2n) is 8.57. The van der Waals surface area contributed by atoms with Crippen molar-refractivity contribution >= 4 is 5.65 Å². The van der Waals surface area contributed by atoms with Crippen molar-refractivity contribution in [2.24, 2.45) is 11.8 Å². The molecule has 24 heavy (non-hydrogen) atoms. The van der Waals surface area contributed by atoms with Gasteiger partial charge in [0, 0.05) is 23.3 Å². The summed E-state index contributed by atoms with van der Waals surface area (Å²) < 4.78 is 4.28. The van der Waals surface area contributed by atoms with Crippen molar-refractivity contribution in [1.82, 2.24) is 19.2 Å². The van der Waals surface area contributed by atoms with Crippen LogP contribution in [0.25, 0.3) is 5.65 Å². The van der Waals surface area contributed by atoms with Gasteiger partial charge in [-0.1, -0.05) is 0 Å². The third-order valence-corrected chi connectivity index (χ3v) is 6.84. The second kappa shape index (κ2) is 4.50. The van der Waals surface area contributed by atoms with Crippen LogP contribution in [0.2, 0.25) is 0 Å². The van der Waals surface area contributed by atoms with Gasteiger partial charge in [0.15, 0.2) is 0 Å². The summed E-state index contributed by atoms with van der Waals surface area (Å²) in [5, 5.41) is 9.01. The van der Waals surface area contributed by atoms with Crippen LogP contribution in [-0.4, -0.2) is 19.2 Å². The van der Waals surface area contributed by atoms with E-state index in [1.165, 1.54) is 62.8 Å². The molecule has 3 saturated carbocycles. The van der Waals surface area contributed by atoms with Gasteiger partial charge < -0.3 is 4.57 Å². The number of nitrogens with zero attached hydrogens (tertiary/aromatic N) is 4. The van der Waals surface area contributed by atoms with Gasteiger partial charge in [-0.15, -0.1) is 10.2 Å². The molecule has 2 aromatic rings. The van der Waals surface area contributed by atoms with Gasteiger partial charge in [-0.25, -0.2) is 0 Å². The van der Waals surface area contributed by atoms with Gasteiger partial charge >= 0.3 is 0 Å². The molecule has 126 valence electrons. The second-order valence-corrected chi connectivity index (χ2v) is 8.57. The monoisotopic (exact) mass is 324 g/mol. The Balaban J connectivity index is 1.62. The van der Waals surface area contributed by atoms with Crippen LogP contribution in [0.1, 0.15) is 68.6 Å². The van der Waals surface area contributed by atoms with Crippen molar-refractivity contribution in [3.63, 3.8) is 0 Å². The molecule has 3 fully saturated rings. The standard InChI is InChI=1S/C19H24N4O/c24-17-16-20-21-18(19(9-10-19)13-7-8-13)23(16)15-4-2-1-3-14(15)22(17)11-12-5-6-12/h12-13H,1-11H2. The Morgan fingerprint density at radius 1 is 1.00 bits per heavy atom. The van der Waals surface area contributed by atoms with Crippen LogP contribution in [0.3, 0.4) is 0 Å². The molecule has 4 aliphatic carbocycles. The zero-order chi connectivity index (χ0) is 15.9. The predicted octanol–water partition coefficient (Wildman–Crippen LogP) is 2.62. The van der Waals surface area contributed by atoms with Gasteiger partial charge in [0.25, 0.3) is 5.56 Å². The molecule has 5 heteroatoms. The Labute approximate surface area is 141 Å². The summed E-state index contributed by atoms with van der Waals surface area (Å²) in [6, 6.07) is 0. The molecule has 0 spiro atoms. The molecule has 0 aromatic carbocycles. The summed E-state index contributed by atoms with van der Waals surface area (Å²) in [4.78, 5) is 13.1. The van der Waals surface area contributed by atoms with E-state index in [1.54, 1.807) is 0 Å². The molecule has 0 unspecified atom stereocenters. The summed E-state index contributed by atoms with van der Waals surface area (Å²) in [6.45, 7) is 0.896. The Kier molecular flexibility index (Phi) is 2.55. The zero-order valence-corrected chi connectivity index (χ0v) is 14.1. The van der Waals surface area contributed by atoms with Crippen LogP contribution in [0, 0.1) is 11.8 Å². The lowest BCUT2D eigenvalue weighted by Crippen LogP contribution is -2.32. The first-order valence-corrected chi connectivity index (χ1v) is 9.78. The largest absolute Gasteiger partial charge is 0.307 e. The van der Waals surface area contributed by atoms with E-state index in [4.69, 9.17) is 0 Å². The number of rotatable bonds is 4. The van der Waals surface area contributed by atoms with E-state index in [9.17, 15) is 4.79 Å². The van der Waals surface area contributed by atoms with E-state index in [-0.39, 0.29) is 11.0 Å². The topological polar surface area (TPSA) is 52.2 Å². The van der Waals surface area contributed by atoms with Gasteiger partial charge in [-0.2, -0.15) is 0 Å². The maximum absolute atomic E-state index is 13.1. The van der Waals surface area contributed by atoms with Crippen molar-refractivity contribution in [2.45, 2.75) is 76.2 Å². The highest BCUT2D eigenvalue weighted by Crippen LogP contribution is 2.61. The number of hydrogen-bond acceptors (Lipinski definition) is 3. The average molecular weight is 324 g/mol. The molecule has 6 rings (SSSR count). The minimum atomic E-state index is 0.105. The lowest BCUT2D eigenvalue weighted by atomic mass is 9.97. The summed E-state index contributed by atoms with van der Waals surface area (Å²) >= 11 is 0. The maximum Gasteiger partial charge on any atom is 0.296 e. The maximum atomic E-state index is 13.1. The molecule has 2 aromatic heterocycles.